The number of hydrogen-bond acceptors (Lipinski definition) is 4. The second-order valence-corrected chi connectivity index (χ2v) is 4.36. The summed E-state index contributed by atoms with van der Waals surface area (Å²) in [6.45, 7) is 0.191. The van der Waals surface area contributed by atoms with Crippen molar-refractivity contribution in [3.05, 3.63) is 59.7 Å². The maximum absolute atomic E-state index is 12.1. The average molecular weight is 268 g/mol. The van der Waals surface area contributed by atoms with Gasteiger partial charge < -0.3 is 14.6 Å². The quantitative estimate of drug-likeness (QED) is 0.686. The van der Waals surface area contributed by atoms with Crippen LogP contribution >= 0.6 is 0 Å². The number of allylic oxidation sites excluding steroid dienone is 1. The number of hydrogen-bond donors (Lipinski definition) is 1. The number of fused-ring (bicyclic) bond motifs is 1. The van der Waals surface area contributed by atoms with Crippen molar-refractivity contribution < 1.29 is 19.4 Å². The maximum Gasteiger partial charge on any atom is 0.231 e. The summed E-state index contributed by atoms with van der Waals surface area (Å²) >= 11 is 0. The molecule has 0 spiro atoms. The Bertz CT molecular complexity index is 671. The molecule has 1 N–H and O–H groups in total. The molecule has 20 heavy (non-hydrogen) atoms. The lowest BCUT2D eigenvalue weighted by atomic mass is 10.1. The molecule has 4 nitrogen and oxygen atoms in total. The largest absolute Gasteiger partial charge is 0.508 e. The Morgan fingerprint density at radius 1 is 1.05 bits per heavy atom. The third-order valence-electron chi connectivity index (χ3n) is 2.98. The third-order valence-corrected chi connectivity index (χ3v) is 2.98. The summed E-state index contributed by atoms with van der Waals surface area (Å²) in [5, 5.41) is 9.18. The molecule has 0 bridgehead atoms. The third kappa shape index (κ3) is 2.49. The monoisotopic (exact) mass is 268 g/mol. The summed E-state index contributed by atoms with van der Waals surface area (Å²) in [7, 11) is 0. The molecule has 1 aliphatic heterocycles. The van der Waals surface area contributed by atoms with E-state index in [-0.39, 0.29) is 18.3 Å². The van der Waals surface area contributed by atoms with Crippen LogP contribution in [0.25, 0.3) is 6.08 Å². The van der Waals surface area contributed by atoms with Crippen LogP contribution in [-0.4, -0.2) is 17.7 Å². The standard InChI is InChI=1S/C16H12O4/c17-13-5-1-11(2-6-13)3-7-14(18)12-4-8-15-16(9-12)20-10-19-15/h1-9,17H,10H2/b7-3+. The number of benzene rings is 2. The molecule has 2 aromatic rings. The molecule has 0 radical (unpaired) electrons. The molecular formula is C16H12O4. The van der Waals surface area contributed by atoms with Crippen molar-refractivity contribution >= 4 is 11.9 Å². The van der Waals surface area contributed by atoms with E-state index in [4.69, 9.17) is 9.47 Å². The van der Waals surface area contributed by atoms with Gasteiger partial charge in [-0.05, 0) is 42.0 Å². The van der Waals surface area contributed by atoms with E-state index in [1.54, 1.807) is 48.5 Å². The van der Waals surface area contributed by atoms with E-state index in [0.29, 0.717) is 17.1 Å². The van der Waals surface area contributed by atoms with Crippen LogP contribution in [0.4, 0.5) is 0 Å². The zero-order valence-corrected chi connectivity index (χ0v) is 10.6. The van der Waals surface area contributed by atoms with E-state index in [1.807, 2.05) is 0 Å². The number of ether oxygens (including phenoxy) is 2. The van der Waals surface area contributed by atoms with E-state index in [0.717, 1.165) is 5.56 Å². The minimum atomic E-state index is -0.114. The van der Waals surface area contributed by atoms with Gasteiger partial charge in [0.25, 0.3) is 0 Å². The summed E-state index contributed by atoms with van der Waals surface area (Å²) < 4.78 is 10.4. The maximum atomic E-state index is 12.1. The number of carbonyl (C=O) groups is 1. The molecule has 1 heterocycles. The fraction of sp³-hybridized carbons (Fsp3) is 0.0625. The lowest BCUT2D eigenvalue weighted by molar-refractivity contribution is 0.104. The number of aromatic hydroxyl groups is 1. The van der Waals surface area contributed by atoms with Crippen LogP contribution in [0.1, 0.15) is 15.9 Å². The predicted octanol–water partition coefficient (Wildman–Crippen LogP) is 3.02. The summed E-state index contributed by atoms with van der Waals surface area (Å²) in [5.74, 6) is 1.33. The van der Waals surface area contributed by atoms with Gasteiger partial charge in [0.05, 0.1) is 0 Å². The normalized spacial score (nSPS) is 12.8. The van der Waals surface area contributed by atoms with Gasteiger partial charge in [-0.2, -0.15) is 0 Å². The molecular weight excluding hydrogens is 256 g/mol. The van der Waals surface area contributed by atoms with Crippen molar-refractivity contribution in [2.24, 2.45) is 0 Å². The fourth-order valence-electron chi connectivity index (χ4n) is 1.90. The SMILES string of the molecule is O=C(/C=C/c1ccc(O)cc1)c1ccc2c(c1)OCO2. The van der Waals surface area contributed by atoms with Gasteiger partial charge in [0.2, 0.25) is 6.79 Å². The summed E-state index contributed by atoms with van der Waals surface area (Å²) in [6, 6.07) is 11.7. The van der Waals surface area contributed by atoms with Gasteiger partial charge in [-0.25, -0.2) is 0 Å². The van der Waals surface area contributed by atoms with Crippen molar-refractivity contribution in [3.63, 3.8) is 0 Å². The van der Waals surface area contributed by atoms with Crippen molar-refractivity contribution in [1.29, 1.82) is 0 Å². The Balaban J connectivity index is 1.77. The second-order valence-electron chi connectivity index (χ2n) is 4.36. The highest BCUT2D eigenvalue weighted by molar-refractivity contribution is 6.07. The summed E-state index contributed by atoms with van der Waals surface area (Å²) in [4.78, 5) is 12.1. The second kappa shape index (κ2) is 5.09. The van der Waals surface area contributed by atoms with Gasteiger partial charge in [-0.1, -0.05) is 18.2 Å². The van der Waals surface area contributed by atoms with E-state index < -0.39 is 0 Å². The minimum absolute atomic E-state index is 0.114. The molecule has 0 aliphatic carbocycles. The van der Waals surface area contributed by atoms with E-state index >= 15 is 0 Å². The van der Waals surface area contributed by atoms with Crippen LogP contribution in [0.5, 0.6) is 17.2 Å². The average Bonchev–Trinajstić information content (AvgIpc) is 2.93. The zero-order chi connectivity index (χ0) is 13.9. The highest BCUT2D eigenvalue weighted by Crippen LogP contribution is 2.32. The first kappa shape index (κ1) is 12.3. The molecule has 4 heteroatoms. The van der Waals surface area contributed by atoms with Gasteiger partial charge in [0, 0.05) is 5.56 Å². The Labute approximate surface area is 115 Å². The van der Waals surface area contributed by atoms with Crippen LogP contribution in [0.2, 0.25) is 0 Å². The first-order valence-electron chi connectivity index (χ1n) is 6.13. The number of ketones is 1. The number of phenols is 1. The van der Waals surface area contributed by atoms with Gasteiger partial charge >= 0.3 is 0 Å². The first-order chi connectivity index (χ1) is 9.72. The molecule has 2 aromatic carbocycles. The van der Waals surface area contributed by atoms with E-state index in [1.165, 1.54) is 6.08 Å². The molecule has 0 saturated carbocycles. The van der Waals surface area contributed by atoms with Crippen molar-refractivity contribution in [2.75, 3.05) is 6.79 Å². The number of phenolic OH excluding ortho intramolecular Hbond substituents is 1. The van der Waals surface area contributed by atoms with Crippen LogP contribution in [0.3, 0.4) is 0 Å². The molecule has 100 valence electrons. The van der Waals surface area contributed by atoms with Gasteiger partial charge in [-0.15, -0.1) is 0 Å². The first-order valence-corrected chi connectivity index (χ1v) is 6.13. The van der Waals surface area contributed by atoms with Crippen LogP contribution in [0, 0.1) is 0 Å². The van der Waals surface area contributed by atoms with Gasteiger partial charge in [0.1, 0.15) is 5.75 Å². The zero-order valence-electron chi connectivity index (χ0n) is 10.6. The summed E-state index contributed by atoms with van der Waals surface area (Å²) in [6.07, 6.45) is 3.19. The highest BCUT2D eigenvalue weighted by atomic mass is 16.7. The minimum Gasteiger partial charge on any atom is -0.508 e. The topological polar surface area (TPSA) is 55.8 Å². The molecule has 0 fully saturated rings. The van der Waals surface area contributed by atoms with Crippen molar-refractivity contribution in [3.8, 4) is 17.2 Å². The van der Waals surface area contributed by atoms with Crippen LogP contribution in [0.15, 0.2) is 48.5 Å². The number of rotatable bonds is 3. The molecule has 0 amide bonds. The van der Waals surface area contributed by atoms with E-state index in [9.17, 15) is 9.90 Å². The highest BCUT2D eigenvalue weighted by Gasteiger charge is 2.14. The number of carbonyl (C=O) groups excluding carboxylic acids is 1. The van der Waals surface area contributed by atoms with Gasteiger partial charge in [-0.3, -0.25) is 4.79 Å². The van der Waals surface area contributed by atoms with E-state index in [2.05, 4.69) is 0 Å². The molecule has 0 saturated heterocycles. The van der Waals surface area contributed by atoms with Crippen LogP contribution in [-0.2, 0) is 0 Å². The smallest absolute Gasteiger partial charge is 0.231 e. The lowest BCUT2D eigenvalue weighted by Gasteiger charge is -1.99. The Morgan fingerprint density at radius 3 is 2.60 bits per heavy atom. The molecule has 0 aromatic heterocycles. The Kier molecular flexibility index (Phi) is 3.13. The van der Waals surface area contributed by atoms with Gasteiger partial charge in [0.15, 0.2) is 17.3 Å². The van der Waals surface area contributed by atoms with Crippen molar-refractivity contribution in [1.82, 2.24) is 0 Å². The molecule has 0 atom stereocenters. The molecule has 1 aliphatic rings. The Morgan fingerprint density at radius 2 is 1.80 bits per heavy atom. The predicted molar refractivity (Wildman–Crippen MR) is 74.0 cm³/mol. The summed E-state index contributed by atoms with van der Waals surface area (Å²) in [5.41, 5.74) is 1.39. The van der Waals surface area contributed by atoms with Crippen molar-refractivity contribution in [2.45, 2.75) is 0 Å². The fourth-order valence-corrected chi connectivity index (χ4v) is 1.90. The van der Waals surface area contributed by atoms with Crippen LogP contribution < -0.4 is 9.47 Å². The lowest BCUT2D eigenvalue weighted by Crippen LogP contribution is -1.94. The Hall–Kier alpha value is -2.75. The molecule has 3 rings (SSSR count). The molecule has 0 unspecified atom stereocenters.